The first-order valence-electron chi connectivity index (χ1n) is 4.59. The minimum atomic E-state index is -0.511. The number of halogens is 1. The first-order valence-corrected chi connectivity index (χ1v) is 5.38. The van der Waals surface area contributed by atoms with Gasteiger partial charge >= 0.3 is 0 Å². The van der Waals surface area contributed by atoms with Crippen molar-refractivity contribution in [1.29, 1.82) is 0 Å². The number of carbonyl (C=O) groups is 1. The van der Waals surface area contributed by atoms with Crippen LogP contribution in [0.25, 0.3) is 0 Å². The average Bonchev–Trinajstić information content (AvgIpc) is 2.24. The second-order valence-corrected chi connectivity index (χ2v) is 3.90. The van der Waals surface area contributed by atoms with E-state index in [0.717, 1.165) is 15.8 Å². The molecule has 1 rings (SSSR count). The third-order valence-corrected chi connectivity index (χ3v) is 2.43. The topological polar surface area (TPSA) is 73.6 Å². The molecule has 0 heterocycles. The van der Waals surface area contributed by atoms with E-state index >= 15 is 0 Å². The molecule has 0 saturated carbocycles. The van der Waals surface area contributed by atoms with Crippen molar-refractivity contribution < 1.29 is 14.4 Å². The van der Waals surface area contributed by atoms with Crippen LogP contribution in [-0.2, 0) is 16.2 Å². The van der Waals surface area contributed by atoms with Gasteiger partial charge in [0.15, 0.2) is 0 Å². The van der Waals surface area contributed by atoms with E-state index in [1.807, 2.05) is 18.2 Å². The fraction of sp³-hybridized carbons (Fsp3) is 0.300. The highest BCUT2D eigenvalue weighted by Gasteiger charge is 2.01. The summed E-state index contributed by atoms with van der Waals surface area (Å²) in [6.07, 6.45) is 0. The summed E-state index contributed by atoms with van der Waals surface area (Å²) in [5.41, 5.74) is 8.54. The lowest BCUT2D eigenvalue weighted by Gasteiger charge is -2.07. The van der Waals surface area contributed by atoms with E-state index in [9.17, 15) is 4.79 Å². The van der Waals surface area contributed by atoms with Crippen LogP contribution in [0.2, 0.25) is 0 Å². The first kappa shape index (κ1) is 13.0. The van der Waals surface area contributed by atoms with Crippen molar-refractivity contribution in [2.45, 2.75) is 6.54 Å². The summed E-state index contributed by atoms with van der Waals surface area (Å²) in [6.45, 7) is 0.340. The van der Waals surface area contributed by atoms with Crippen LogP contribution in [0, 0.1) is 0 Å². The van der Waals surface area contributed by atoms with E-state index in [2.05, 4.69) is 21.4 Å². The normalized spacial score (nSPS) is 10.1. The third kappa shape index (κ3) is 4.18. The molecule has 0 fully saturated rings. The van der Waals surface area contributed by atoms with Crippen molar-refractivity contribution in [1.82, 2.24) is 5.48 Å². The highest BCUT2D eigenvalue weighted by Crippen LogP contribution is 2.25. The van der Waals surface area contributed by atoms with Crippen molar-refractivity contribution in [3.8, 4) is 5.75 Å². The number of carbonyl (C=O) groups excluding carboxylic acids is 1. The standard InChI is InChI=1S/C10H13BrN2O3/c1-15-9-3-2-7(4-8(9)11)5-13-16-6-10(12)14/h2-4,13H,5-6H2,1H3,(H2,12,14). The second-order valence-electron chi connectivity index (χ2n) is 3.05. The molecule has 1 aromatic rings. The fourth-order valence-corrected chi connectivity index (χ4v) is 1.66. The Balaban J connectivity index is 2.43. The zero-order valence-corrected chi connectivity index (χ0v) is 10.4. The van der Waals surface area contributed by atoms with Gasteiger partial charge in [0.2, 0.25) is 5.91 Å². The second kappa shape index (κ2) is 6.47. The smallest absolute Gasteiger partial charge is 0.245 e. The molecule has 0 atom stereocenters. The van der Waals surface area contributed by atoms with Crippen LogP contribution in [0.5, 0.6) is 5.75 Å². The highest BCUT2D eigenvalue weighted by atomic mass is 79.9. The molecule has 0 aliphatic rings. The number of primary amides is 1. The lowest BCUT2D eigenvalue weighted by molar-refractivity contribution is -0.125. The van der Waals surface area contributed by atoms with E-state index in [1.54, 1.807) is 7.11 Å². The molecule has 0 spiro atoms. The molecule has 0 aromatic heterocycles. The van der Waals surface area contributed by atoms with E-state index in [-0.39, 0.29) is 6.61 Å². The van der Waals surface area contributed by atoms with Crippen molar-refractivity contribution in [2.75, 3.05) is 13.7 Å². The van der Waals surface area contributed by atoms with Gasteiger partial charge in [0.25, 0.3) is 0 Å². The van der Waals surface area contributed by atoms with Crippen molar-refractivity contribution >= 4 is 21.8 Å². The van der Waals surface area contributed by atoms with E-state index in [1.165, 1.54) is 0 Å². The maximum Gasteiger partial charge on any atom is 0.245 e. The third-order valence-electron chi connectivity index (χ3n) is 1.81. The van der Waals surface area contributed by atoms with Crippen LogP contribution in [-0.4, -0.2) is 19.6 Å². The van der Waals surface area contributed by atoms with E-state index in [4.69, 9.17) is 15.3 Å². The first-order chi connectivity index (χ1) is 7.63. The van der Waals surface area contributed by atoms with Gasteiger partial charge < -0.3 is 10.5 Å². The minimum absolute atomic E-state index is 0.142. The Bertz CT molecular complexity index is 371. The number of hydroxylamine groups is 1. The molecule has 1 aromatic carbocycles. The Labute approximate surface area is 102 Å². The molecule has 0 aliphatic carbocycles. The molecule has 16 heavy (non-hydrogen) atoms. The Morgan fingerprint density at radius 3 is 2.88 bits per heavy atom. The van der Waals surface area contributed by atoms with Gasteiger partial charge in [-0.1, -0.05) is 6.07 Å². The summed E-state index contributed by atoms with van der Waals surface area (Å²) in [4.78, 5) is 15.2. The number of amides is 1. The number of ether oxygens (including phenoxy) is 1. The lowest BCUT2D eigenvalue weighted by atomic mass is 10.2. The van der Waals surface area contributed by atoms with E-state index < -0.39 is 5.91 Å². The van der Waals surface area contributed by atoms with Crippen LogP contribution < -0.4 is 16.0 Å². The van der Waals surface area contributed by atoms with Crippen LogP contribution >= 0.6 is 15.9 Å². The molecule has 5 nitrogen and oxygen atoms in total. The fourth-order valence-electron chi connectivity index (χ4n) is 1.08. The predicted octanol–water partition coefficient (Wildman–Crippen LogP) is 0.964. The highest BCUT2D eigenvalue weighted by molar-refractivity contribution is 9.10. The average molecular weight is 289 g/mol. The SMILES string of the molecule is COc1ccc(CNOCC(N)=O)cc1Br. The monoisotopic (exact) mass is 288 g/mol. The van der Waals surface area contributed by atoms with Gasteiger partial charge in [0.05, 0.1) is 11.6 Å². The Morgan fingerprint density at radius 1 is 1.56 bits per heavy atom. The van der Waals surface area contributed by atoms with Gasteiger partial charge in [-0.15, -0.1) is 0 Å². The molecule has 0 unspecified atom stereocenters. The summed E-state index contributed by atoms with van der Waals surface area (Å²) in [6, 6.07) is 5.64. The number of nitrogens with two attached hydrogens (primary N) is 1. The zero-order valence-electron chi connectivity index (χ0n) is 8.83. The van der Waals surface area contributed by atoms with Gasteiger partial charge in [-0.25, -0.2) is 0 Å². The minimum Gasteiger partial charge on any atom is -0.496 e. The van der Waals surface area contributed by atoms with Crippen molar-refractivity contribution in [3.05, 3.63) is 28.2 Å². The zero-order chi connectivity index (χ0) is 12.0. The molecule has 1 amide bonds. The Hall–Kier alpha value is -1.11. The lowest BCUT2D eigenvalue weighted by Crippen LogP contribution is -2.24. The number of hydrogen-bond donors (Lipinski definition) is 2. The summed E-state index contributed by atoms with van der Waals surface area (Å²) in [5, 5.41) is 0. The number of methoxy groups -OCH3 is 1. The van der Waals surface area contributed by atoms with Gasteiger partial charge in [0.1, 0.15) is 12.4 Å². The summed E-state index contributed by atoms with van der Waals surface area (Å²) in [5.74, 6) is 0.255. The molecule has 6 heteroatoms. The van der Waals surface area contributed by atoms with E-state index in [0.29, 0.717) is 6.54 Å². The van der Waals surface area contributed by atoms with Crippen LogP contribution in [0.4, 0.5) is 0 Å². The molecule has 0 aliphatic heterocycles. The van der Waals surface area contributed by atoms with Crippen molar-refractivity contribution in [2.24, 2.45) is 5.73 Å². The van der Waals surface area contributed by atoms with Crippen LogP contribution in [0.1, 0.15) is 5.56 Å². The Kier molecular flexibility index (Phi) is 5.24. The number of nitrogens with one attached hydrogen (secondary N) is 1. The molecule has 3 N–H and O–H groups in total. The number of hydrogen-bond acceptors (Lipinski definition) is 4. The van der Waals surface area contributed by atoms with Crippen LogP contribution in [0.15, 0.2) is 22.7 Å². The summed E-state index contributed by atoms with van der Waals surface area (Å²) < 4.78 is 5.96. The quantitative estimate of drug-likeness (QED) is 0.604. The number of benzene rings is 1. The molecule has 0 radical (unpaired) electrons. The van der Waals surface area contributed by atoms with Crippen LogP contribution in [0.3, 0.4) is 0 Å². The van der Waals surface area contributed by atoms with Crippen molar-refractivity contribution in [3.63, 3.8) is 0 Å². The van der Waals surface area contributed by atoms with Gasteiger partial charge in [-0.05, 0) is 33.6 Å². The largest absolute Gasteiger partial charge is 0.496 e. The summed E-state index contributed by atoms with van der Waals surface area (Å²) in [7, 11) is 1.61. The maximum atomic E-state index is 10.4. The molecule has 0 saturated heterocycles. The molecule has 0 bridgehead atoms. The van der Waals surface area contributed by atoms with Gasteiger partial charge in [-0.2, -0.15) is 5.48 Å². The predicted molar refractivity (Wildman–Crippen MR) is 62.7 cm³/mol. The number of rotatable bonds is 6. The van der Waals surface area contributed by atoms with Gasteiger partial charge in [-0.3, -0.25) is 9.63 Å². The maximum absolute atomic E-state index is 10.4. The summed E-state index contributed by atoms with van der Waals surface area (Å²) >= 11 is 3.37. The molecular formula is C10H13BrN2O3. The molecule has 88 valence electrons. The van der Waals surface area contributed by atoms with Gasteiger partial charge in [0, 0.05) is 6.54 Å². The molecular weight excluding hydrogens is 276 g/mol. The Morgan fingerprint density at radius 2 is 2.31 bits per heavy atom.